The van der Waals surface area contributed by atoms with Gasteiger partial charge >= 0.3 is 5.97 Å². The van der Waals surface area contributed by atoms with Crippen molar-refractivity contribution < 1.29 is 14.7 Å². The molecule has 4 rings (SSSR count). The summed E-state index contributed by atoms with van der Waals surface area (Å²) >= 11 is 1.32. The Balaban J connectivity index is 0.00000324. The van der Waals surface area contributed by atoms with E-state index in [0.717, 1.165) is 16.7 Å². The van der Waals surface area contributed by atoms with Gasteiger partial charge in [-0.2, -0.15) is 0 Å². The van der Waals surface area contributed by atoms with Crippen molar-refractivity contribution in [2.45, 2.75) is 12.5 Å². The molecule has 8 heteroatoms. The number of esters is 1. The van der Waals surface area contributed by atoms with Crippen molar-refractivity contribution in [2.24, 2.45) is 5.16 Å². The summed E-state index contributed by atoms with van der Waals surface area (Å²) < 4.78 is 4.98. The van der Waals surface area contributed by atoms with Crippen LogP contribution in [0.15, 0.2) is 102 Å². The summed E-state index contributed by atoms with van der Waals surface area (Å²) in [5, 5.41) is 18.4. The molecule has 34 heavy (non-hydrogen) atoms. The number of hydrogen-bond acceptors (Lipinski definition) is 7. The number of anilines is 1. The molecule has 2 N–H and O–H groups in total. The number of carbonyl (C=O) groups is 1. The number of rotatable bonds is 8. The zero-order valence-electron chi connectivity index (χ0n) is 18.4. The largest absolute Gasteiger partial charge is 0.461 e. The van der Waals surface area contributed by atoms with Gasteiger partial charge in [-0.15, -0.1) is 23.7 Å². The van der Waals surface area contributed by atoms with Gasteiger partial charge in [-0.1, -0.05) is 96.2 Å². The Morgan fingerprint density at radius 1 is 0.941 bits per heavy atom. The van der Waals surface area contributed by atoms with Crippen LogP contribution in [0, 0.1) is 0 Å². The third-order valence-corrected chi connectivity index (χ3v) is 5.99. The molecular formula is C26H24ClN3O3S. The number of carbonyl (C=O) groups excluding carboxylic acids is 1. The zero-order valence-corrected chi connectivity index (χ0v) is 20.1. The maximum Gasteiger partial charge on any atom is 0.362 e. The second-order valence-electron chi connectivity index (χ2n) is 7.18. The molecule has 0 radical (unpaired) electrons. The standard InChI is InChI=1S/C26H23N3O3S.ClH/c1-2-32-24(30)23(29-31)22-18-33-25(27-22)28-26(19-12-6-3-7-13-19,20-14-8-4-9-15-20)21-16-10-5-11-17-21;/h3-18,31H,2H2,1H3,(H,27,28);1H. The Labute approximate surface area is 208 Å². The number of aromatic nitrogens is 1. The lowest BCUT2D eigenvalue weighted by Crippen LogP contribution is -2.38. The smallest absolute Gasteiger partial charge is 0.362 e. The SMILES string of the molecule is CCOC(=O)C(=NO)c1csc(NC(c2ccccc2)(c2ccccc2)c2ccccc2)n1.Cl. The first-order valence-corrected chi connectivity index (χ1v) is 11.4. The number of nitrogens with zero attached hydrogens (tertiary/aromatic N) is 2. The van der Waals surface area contributed by atoms with Gasteiger partial charge in [-0.3, -0.25) is 0 Å². The van der Waals surface area contributed by atoms with Gasteiger partial charge in [0, 0.05) is 5.38 Å². The van der Waals surface area contributed by atoms with E-state index in [1.165, 1.54) is 11.3 Å². The third-order valence-electron chi connectivity index (χ3n) is 5.23. The van der Waals surface area contributed by atoms with Gasteiger partial charge in [0.15, 0.2) is 5.13 Å². The lowest BCUT2D eigenvalue weighted by molar-refractivity contribution is -0.135. The lowest BCUT2D eigenvalue weighted by atomic mass is 9.77. The molecule has 4 aromatic rings. The first-order chi connectivity index (χ1) is 16.2. The van der Waals surface area contributed by atoms with Gasteiger partial charge in [-0.25, -0.2) is 9.78 Å². The molecule has 0 fully saturated rings. The van der Waals surface area contributed by atoms with Crippen molar-refractivity contribution in [1.29, 1.82) is 0 Å². The third kappa shape index (κ3) is 4.95. The normalized spacial score (nSPS) is 11.4. The van der Waals surface area contributed by atoms with E-state index in [-0.39, 0.29) is 30.4 Å². The highest BCUT2D eigenvalue weighted by Crippen LogP contribution is 2.40. The van der Waals surface area contributed by atoms with Crippen LogP contribution in [0.5, 0.6) is 0 Å². The predicted molar refractivity (Wildman–Crippen MR) is 137 cm³/mol. The van der Waals surface area contributed by atoms with E-state index in [1.807, 2.05) is 54.6 Å². The Bertz CT molecular complexity index is 1140. The molecule has 0 saturated heterocycles. The van der Waals surface area contributed by atoms with Crippen molar-refractivity contribution in [3.8, 4) is 0 Å². The maximum absolute atomic E-state index is 12.2. The Kier molecular flexibility index (Phi) is 8.40. The minimum atomic E-state index is -0.751. The molecule has 0 bridgehead atoms. The number of benzene rings is 3. The van der Waals surface area contributed by atoms with Crippen LogP contribution >= 0.6 is 23.7 Å². The van der Waals surface area contributed by atoms with Crippen LogP contribution in [0.25, 0.3) is 0 Å². The van der Waals surface area contributed by atoms with Crippen molar-refractivity contribution in [3.05, 3.63) is 119 Å². The number of hydrogen-bond donors (Lipinski definition) is 2. The summed E-state index contributed by atoms with van der Waals surface area (Å²) in [6.07, 6.45) is 0. The number of halogens is 1. The minimum Gasteiger partial charge on any atom is -0.461 e. The molecule has 0 saturated carbocycles. The molecule has 0 atom stereocenters. The second-order valence-corrected chi connectivity index (χ2v) is 8.04. The zero-order chi connectivity index (χ0) is 23.1. The summed E-state index contributed by atoms with van der Waals surface area (Å²) in [6, 6.07) is 30.4. The fraction of sp³-hybridized carbons (Fsp3) is 0.115. The first kappa shape index (κ1) is 25.0. The molecule has 174 valence electrons. The van der Waals surface area contributed by atoms with Crippen LogP contribution in [0.3, 0.4) is 0 Å². The molecular weight excluding hydrogens is 470 g/mol. The molecule has 0 aliphatic rings. The Morgan fingerprint density at radius 2 is 1.41 bits per heavy atom. The number of oxime groups is 1. The molecule has 1 aromatic heterocycles. The molecule has 1 heterocycles. The van der Waals surface area contributed by atoms with Gasteiger partial charge in [0.1, 0.15) is 11.2 Å². The summed E-state index contributed by atoms with van der Waals surface area (Å²) in [6.45, 7) is 1.86. The Morgan fingerprint density at radius 3 is 1.82 bits per heavy atom. The van der Waals surface area contributed by atoms with Crippen LogP contribution in [-0.4, -0.2) is 28.5 Å². The summed E-state index contributed by atoms with van der Waals surface area (Å²) in [4.78, 5) is 16.7. The van der Waals surface area contributed by atoms with E-state index < -0.39 is 11.5 Å². The number of ether oxygens (including phenoxy) is 1. The van der Waals surface area contributed by atoms with Crippen molar-refractivity contribution in [1.82, 2.24) is 4.98 Å². The van der Waals surface area contributed by atoms with Crippen LogP contribution in [0.2, 0.25) is 0 Å². The van der Waals surface area contributed by atoms with Crippen molar-refractivity contribution in [2.75, 3.05) is 11.9 Å². The number of thiazole rings is 1. The van der Waals surface area contributed by atoms with Gasteiger partial charge in [0.05, 0.1) is 6.61 Å². The van der Waals surface area contributed by atoms with Crippen LogP contribution < -0.4 is 5.32 Å². The van der Waals surface area contributed by atoms with E-state index >= 15 is 0 Å². The average Bonchev–Trinajstić information content (AvgIpc) is 3.33. The molecule has 0 amide bonds. The maximum atomic E-state index is 12.2. The van der Waals surface area contributed by atoms with Gasteiger partial charge in [0.25, 0.3) is 0 Å². The van der Waals surface area contributed by atoms with Gasteiger partial charge in [-0.05, 0) is 23.6 Å². The second kappa shape index (κ2) is 11.4. The molecule has 0 unspecified atom stereocenters. The minimum absolute atomic E-state index is 0. The molecule has 6 nitrogen and oxygen atoms in total. The van der Waals surface area contributed by atoms with Crippen molar-refractivity contribution in [3.63, 3.8) is 0 Å². The van der Waals surface area contributed by atoms with E-state index in [4.69, 9.17) is 4.74 Å². The molecule has 3 aromatic carbocycles. The number of nitrogens with one attached hydrogen (secondary N) is 1. The summed E-state index contributed by atoms with van der Waals surface area (Å²) in [5.41, 5.74) is 2.35. The highest BCUT2D eigenvalue weighted by molar-refractivity contribution is 7.14. The van der Waals surface area contributed by atoms with Gasteiger partial charge < -0.3 is 15.3 Å². The molecule has 0 aliphatic carbocycles. The van der Waals surface area contributed by atoms with E-state index in [1.54, 1.807) is 12.3 Å². The fourth-order valence-corrected chi connectivity index (χ4v) is 4.53. The summed E-state index contributed by atoms with van der Waals surface area (Å²) in [7, 11) is 0. The molecule has 0 spiro atoms. The predicted octanol–water partition coefficient (Wildman–Crippen LogP) is 5.71. The molecule has 0 aliphatic heterocycles. The fourth-order valence-electron chi connectivity index (χ4n) is 3.78. The highest BCUT2D eigenvalue weighted by atomic mass is 35.5. The topological polar surface area (TPSA) is 83.8 Å². The average molecular weight is 494 g/mol. The quantitative estimate of drug-likeness (QED) is 0.108. The van der Waals surface area contributed by atoms with E-state index in [2.05, 4.69) is 51.9 Å². The summed E-state index contributed by atoms with van der Waals surface area (Å²) in [5.74, 6) is -0.725. The Hall–Kier alpha value is -3.68. The lowest BCUT2D eigenvalue weighted by Gasteiger charge is -2.36. The van der Waals surface area contributed by atoms with Crippen LogP contribution in [0.1, 0.15) is 29.3 Å². The first-order valence-electron chi connectivity index (χ1n) is 10.5. The van der Waals surface area contributed by atoms with E-state index in [9.17, 15) is 10.0 Å². The van der Waals surface area contributed by atoms with E-state index in [0.29, 0.717) is 5.13 Å². The van der Waals surface area contributed by atoms with Crippen LogP contribution in [0.4, 0.5) is 5.13 Å². The van der Waals surface area contributed by atoms with Crippen LogP contribution in [-0.2, 0) is 15.1 Å². The van der Waals surface area contributed by atoms with Crippen molar-refractivity contribution >= 4 is 40.6 Å². The van der Waals surface area contributed by atoms with Gasteiger partial charge in [0.2, 0.25) is 5.71 Å². The highest BCUT2D eigenvalue weighted by Gasteiger charge is 2.37. The monoisotopic (exact) mass is 493 g/mol.